The van der Waals surface area contributed by atoms with Crippen molar-refractivity contribution in [3.8, 4) is 0 Å². The summed E-state index contributed by atoms with van der Waals surface area (Å²) in [6.07, 6.45) is -2.66. The van der Waals surface area contributed by atoms with Crippen molar-refractivity contribution >= 4 is 5.97 Å². The number of carboxylic acids is 1. The number of aryl methyl sites for hydroxylation is 2. The molecule has 0 bridgehead atoms. The number of methoxy groups -OCH3 is 1. The first-order chi connectivity index (χ1) is 12.3. The van der Waals surface area contributed by atoms with Gasteiger partial charge in [-0.3, -0.25) is 0 Å². The number of aliphatic hydroxyl groups is 3. The maximum Gasteiger partial charge on any atom is 0.335 e. The third kappa shape index (κ3) is 6.34. The number of aliphatic hydroxyl groups excluding tert-OH is 3. The fourth-order valence-corrected chi connectivity index (χ4v) is 2.76. The molecular weight excluding hydrogens is 340 g/mol. The highest BCUT2D eigenvalue weighted by atomic mass is 16.7. The highest BCUT2D eigenvalue weighted by molar-refractivity contribution is 5.73. The maximum atomic E-state index is 10.5. The lowest BCUT2D eigenvalue weighted by Crippen LogP contribution is -2.60. The highest BCUT2D eigenvalue weighted by Crippen LogP contribution is 2.21. The minimum Gasteiger partial charge on any atom is -0.479 e. The summed E-state index contributed by atoms with van der Waals surface area (Å²) >= 11 is 0. The predicted molar refractivity (Wildman–Crippen MR) is 95.8 cm³/mol. The lowest BCUT2D eigenvalue weighted by molar-refractivity contribution is -0.287. The quantitative estimate of drug-likeness (QED) is 0.593. The molecule has 1 aliphatic rings. The van der Waals surface area contributed by atoms with Gasteiger partial charge in [0.1, 0.15) is 18.3 Å². The topological polar surface area (TPSA) is 116 Å². The van der Waals surface area contributed by atoms with Crippen LogP contribution in [0.2, 0.25) is 0 Å². The molecular formula is C19H30O7. The molecule has 1 aliphatic heterocycles. The second-order valence-electron chi connectivity index (χ2n) is 6.29. The Hall–Kier alpha value is -1.51. The van der Waals surface area contributed by atoms with Gasteiger partial charge in [-0.1, -0.05) is 51.0 Å². The van der Waals surface area contributed by atoms with Crippen LogP contribution in [-0.4, -0.2) is 64.2 Å². The van der Waals surface area contributed by atoms with Crippen LogP contribution in [0.1, 0.15) is 37.8 Å². The number of rotatable bonds is 6. The van der Waals surface area contributed by atoms with Crippen LogP contribution in [0.15, 0.2) is 24.3 Å². The summed E-state index contributed by atoms with van der Waals surface area (Å²) in [4.78, 5) is 10.5. The largest absolute Gasteiger partial charge is 0.479 e. The van der Waals surface area contributed by atoms with Crippen molar-refractivity contribution in [1.29, 1.82) is 0 Å². The number of carbonyl (C=O) groups is 1. The van der Waals surface area contributed by atoms with Crippen LogP contribution in [0.25, 0.3) is 0 Å². The molecule has 1 aromatic rings. The standard InChI is InChI=1S/C12H18.C7H12O7/c1-3-6-11-8-5-9-12(10-11)7-4-2;1-13-7-4(10)2(8)3(9)5(14-7)6(11)12/h5,8-10H,3-4,6-7H2,1-2H3;2-5,7-10H,1H3,(H,11,12). The van der Waals surface area contributed by atoms with Crippen molar-refractivity contribution in [1.82, 2.24) is 0 Å². The van der Waals surface area contributed by atoms with Crippen molar-refractivity contribution in [2.24, 2.45) is 0 Å². The van der Waals surface area contributed by atoms with Crippen LogP contribution in [0, 0.1) is 0 Å². The van der Waals surface area contributed by atoms with E-state index in [1.54, 1.807) is 0 Å². The minimum atomic E-state index is -1.67. The van der Waals surface area contributed by atoms with Crippen LogP contribution >= 0.6 is 0 Å². The monoisotopic (exact) mass is 370 g/mol. The predicted octanol–water partition coefficient (Wildman–Crippen LogP) is 1.12. The molecule has 0 spiro atoms. The summed E-state index contributed by atoms with van der Waals surface area (Å²) in [6.45, 7) is 4.46. The molecule has 0 aromatic heterocycles. The molecule has 0 amide bonds. The molecule has 1 heterocycles. The molecule has 1 aromatic carbocycles. The SMILES string of the molecule is CCCc1cccc(CCC)c1.COC1OC(C(=O)O)C(O)C(O)C1O. The van der Waals surface area contributed by atoms with Crippen LogP contribution in [0.5, 0.6) is 0 Å². The van der Waals surface area contributed by atoms with Gasteiger partial charge >= 0.3 is 5.97 Å². The van der Waals surface area contributed by atoms with E-state index < -0.39 is 36.7 Å². The molecule has 0 aliphatic carbocycles. The average molecular weight is 370 g/mol. The molecule has 7 nitrogen and oxygen atoms in total. The summed E-state index contributed by atoms with van der Waals surface area (Å²) in [5.41, 5.74) is 2.98. The molecule has 0 saturated carbocycles. The second-order valence-corrected chi connectivity index (χ2v) is 6.29. The number of aliphatic carboxylic acids is 1. The van der Waals surface area contributed by atoms with Crippen molar-refractivity contribution in [3.63, 3.8) is 0 Å². The van der Waals surface area contributed by atoms with Crippen molar-refractivity contribution in [2.45, 2.75) is 70.2 Å². The van der Waals surface area contributed by atoms with Gasteiger partial charge in [-0.05, 0) is 24.0 Å². The Kier molecular flexibility index (Phi) is 9.75. The normalized spacial score (nSPS) is 28.2. The summed E-state index contributed by atoms with van der Waals surface area (Å²) in [5.74, 6) is -1.43. The zero-order valence-electron chi connectivity index (χ0n) is 15.5. The molecule has 0 radical (unpaired) electrons. The van der Waals surface area contributed by atoms with E-state index >= 15 is 0 Å². The molecule has 5 unspecified atom stereocenters. The molecule has 2 rings (SSSR count). The van der Waals surface area contributed by atoms with E-state index in [0.717, 1.165) is 0 Å². The maximum absolute atomic E-state index is 10.5. The Morgan fingerprint density at radius 3 is 2.00 bits per heavy atom. The number of ether oxygens (including phenoxy) is 2. The summed E-state index contributed by atoms with van der Waals surface area (Å²) < 4.78 is 9.31. The lowest BCUT2D eigenvalue weighted by Gasteiger charge is -2.37. The van der Waals surface area contributed by atoms with Gasteiger partial charge in [0, 0.05) is 7.11 Å². The van der Waals surface area contributed by atoms with Crippen LogP contribution in [0.4, 0.5) is 0 Å². The first-order valence-corrected chi connectivity index (χ1v) is 8.88. The fraction of sp³-hybridized carbons (Fsp3) is 0.632. The molecule has 148 valence electrons. The minimum absolute atomic E-state index is 1.19. The van der Waals surface area contributed by atoms with Gasteiger partial charge in [-0.15, -0.1) is 0 Å². The highest BCUT2D eigenvalue weighted by Gasteiger charge is 2.47. The zero-order valence-corrected chi connectivity index (χ0v) is 15.5. The fourth-order valence-electron chi connectivity index (χ4n) is 2.76. The number of hydrogen-bond donors (Lipinski definition) is 4. The van der Waals surface area contributed by atoms with Crippen molar-refractivity contribution in [3.05, 3.63) is 35.4 Å². The van der Waals surface area contributed by atoms with Gasteiger partial charge in [0.05, 0.1) is 0 Å². The smallest absolute Gasteiger partial charge is 0.335 e. The van der Waals surface area contributed by atoms with E-state index in [1.165, 1.54) is 43.9 Å². The van der Waals surface area contributed by atoms with E-state index in [0.29, 0.717) is 0 Å². The summed E-state index contributed by atoms with van der Waals surface area (Å²) in [5, 5.41) is 36.3. The van der Waals surface area contributed by atoms with E-state index in [-0.39, 0.29) is 0 Å². The number of hydrogen-bond acceptors (Lipinski definition) is 6. The van der Waals surface area contributed by atoms with Gasteiger partial charge in [0.2, 0.25) is 0 Å². The summed E-state index contributed by atoms with van der Waals surface area (Å²) in [7, 11) is 1.19. The van der Waals surface area contributed by atoms with E-state index in [4.69, 9.17) is 9.84 Å². The van der Waals surface area contributed by atoms with Crippen LogP contribution in [0.3, 0.4) is 0 Å². The Bertz CT molecular complexity index is 525. The molecule has 26 heavy (non-hydrogen) atoms. The molecule has 4 N–H and O–H groups in total. The van der Waals surface area contributed by atoms with Gasteiger partial charge in [-0.2, -0.15) is 0 Å². The Morgan fingerprint density at radius 1 is 1.04 bits per heavy atom. The molecule has 5 atom stereocenters. The van der Waals surface area contributed by atoms with Crippen molar-refractivity contribution < 1.29 is 34.7 Å². The third-order valence-electron chi connectivity index (χ3n) is 4.11. The first kappa shape index (κ1) is 22.5. The Morgan fingerprint density at radius 2 is 1.58 bits per heavy atom. The average Bonchev–Trinajstić information content (AvgIpc) is 2.61. The number of carboxylic acid groups (broad SMARTS) is 1. The second kappa shape index (κ2) is 11.3. The Labute approximate surface area is 154 Å². The summed E-state index contributed by atoms with van der Waals surface area (Å²) in [6, 6.07) is 8.97. The van der Waals surface area contributed by atoms with Crippen molar-refractivity contribution in [2.75, 3.05) is 7.11 Å². The zero-order chi connectivity index (χ0) is 19.7. The van der Waals surface area contributed by atoms with Gasteiger partial charge in [0.25, 0.3) is 0 Å². The third-order valence-corrected chi connectivity index (χ3v) is 4.11. The van der Waals surface area contributed by atoms with E-state index in [9.17, 15) is 20.1 Å². The van der Waals surface area contributed by atoms with E-state index in [1.807, 2.05) is 0 Å². The van der Waals surface area contributed by atoms with E-state index in [2.05, 4.69) is 42.8 Å². The van der Waals surface area contributed by atoms with Gasteiger partial charge < -0.3 is 29.9 Å². The number of benzene rings is 1. The van der Waals surface area contributed by atoms with Gasteiger partial charge in [-0.25, -0.2) is 4.79 Å². The molecule has 1 fully saturated rings. The first-order valence-electron chi connectivity index (χ1n) is 8.88. The Balaban J connectivity index is 0.000000263. The lowest BCUT2D eigenvalue weighted by atomic mass is 9.99. The van der Waals surface area contributed by atoms with Gasteiger partial charge in [0.15, 0.2) is 12.4 Å². The van der Waals surface area contributed by atoms with Crippen LogP contribution < -0.4 is 0 Å². The molecule has 1 saturated heterocycles. The van der Waals surface area contributed by atoms with Crippen LogP contribution in [-0.2, 0) is 27.1 Å². The molecule has 7 heteroatoms.